The normalized spacial score (nSPS) is 14.1. The maximum Gasteiger partial charge on any atom is 0.256 e. The molecule has 0 saturated heterocycles. The Balaban J connectivity index is 1.92. The number of carbonyl (C=O) groups excluding carboxylic acids is 2. The van der Waals surface area contributed by atoms with E-state index >= 15 is 0 Å². The van der Waals surface area contributed by atoms with E-state index in [2.05, 4.69) is 10.6 Å². The summed E-state index contributed by atoms with van der Waals surface area (Å²) in [7, 11) is 0. The van der Waals surface area contributed by atoms with Crippen molar-refractivity contribution in [1.82, 2.24) is 10.6 Å². The SMILES string of the molecule is O=C(CNC(=O)c1c(F)cccc1Cl)NC1CC1. The van der Waals surface area contributed by atoms with Crippen molar-refractivity contribution < 1.29 is 14.0 Å². The van der Waals surface area contributed by atoms with Crippen LogP contribution < -0.4 is 10.6 Å². The van der Waals surface area contributed by atoms with Gasteiger partial charge in [0, 0.05) is 6.04 Å². The Morgan fingerprint density at radius 1 is 1.39 bits per heavy atom. The predicted molar refractivity (Wildman–Crippen MR) is 64.9 cm³/mol. The maximum absolute atomic E-state index is 13.4. The van der Waals surface area contributed by atoms with E-state index in [4.69, 9.17) is 11.6 Å². The summed E-state index contributed by atoms with van der Waals surface area (Å²) in [4.78, 5) is 23.0. The highest BCUT2D eigenvalue weighted by Crippen LogP contribution is 2.19. The van der Waals surface area contributed by atoms with E-state index < -0.39 is 11.7 Å². The maximum atomic E-state index is 13.4. The zero-order valence-electron chi connectivity index (χ0n) is 9.50. The Kier molecular flexibility index (Phi) is 3.81. The molecular formula is C12H12ClFN2O2. The Hall–Kier alpha value is -1.62. The average molecular weight is 271 g/mol. The van der Waals surface area contributed by atoms with Crippen molar-refractivity contribution in [3.05, 3.63) is 34.6 Å². The molecule has 96 valence electrons. The highest BCUT2D eigenvalue weighted by atomic mass is 35.5. The third kappa shape index (κ3) is 3.20. The lowest BCUT2D eigenvalue weighted by molar-refractivity contribution is -0.120. The van der Waals surface area contributed by atoms with Gasteiger partial charge in [-0.15, -0.1) is 0 Å². The molecule has 4 nitrogen and oxygen atoms in total. The van der Waals surface area contributed by atoms with Gasteiger partial charge in [-0.1, -0.05) is 17.7 Å². The molecule has 0 spiro atoms. The molecule has 1 aromatic rings. The number of halogens is 2. The minimum absolute atomic E-state index is 0.0232. The third-order valence-corrected chi connectivity index (χ3v) is 2.86. The monoisotopic (exact) mass is 270 g/mol. The molecule has 1 saturated carbocycles. The summed E-state index contributed by atoms with van der Waals surface area (Å²) in [6.45, 7) is -0.181. The molecule has 0 aliphatic heterocycles. The van der Waals surface area contributed by atoms with Gasteiger partial charge in [0.05, 0.1) is 17.1 Å². The number of rotatable bonds is 4. The Morgan fingerprint density at radius 2 is 2.11 bits per heavy atom. The molecule has 18 heavy (non-hydrogen) atoms. The third-order valence-electron chi connectivity index (χ3n) is 2.54. The number of benzene rings is 1. The molecule has 1 fully saturated rings. The van der Waals surface area contributed by atoms with E-state index in [-0.39, 0.29) is 29.1 Å². The summed E-state index contributed by atoms with van der Waals surface area (Å²) in [6, 6.07) is 4.20. The topological polar surface area (TPSA) is 58.2 Å². The van der Waals surface area contributed by atoms with Gasteiger partial charge in [-0.25, -0.2) is 4.39 Å². The van der Waals surface area contributed by atoms with Gasteiger partial charge in [0.25, 0.3) is 5.91 Å². The second-order valence-electron chi connectivity index (χ2n) is 4.12. The summed E-state index contributed by atoms with van der Waals surface area (Å²) in [5.74, 6) is -1.68. The Morgan fingerprint density at radius 3 is 2.72 bits per heavy atom. The van der Waals surface area contributed by atoms with Gasteiger partial charge in [-0.2, -0.15) is 0 Å². The molecule has 0 bridgehead atoms. The van der Waals surface area contributed by atoms with Gasteiger partial charge in [-0.05, 0) is 25.0 Å². The number of carbonyl (C=O) groups is 2. The van der Waals surface area contributed by atoms with Crippen molar-refractivity contribution in [3.63, 3.8) is 0 Å². The molecular weight excluding hydrogens is 259 g/mol. The fraction of sp³-hybridized carbons (Fsp3) is 0.333. The molecule has 1 aromatic carbocycles. The first-order valence-electron chi connectivity index (χ1n) is 5.59. The van der Waals surface area contributed by atoms with Crippen molar-refractivity contribution in [2.24, 2.45) is 0 Å². The van der Waals surface area contributed by atoms with Gasteiger partial charge in [0.1, 0.15) is 5.82 Å². The highest BCUT2D eigenvalue weighted by molar-refractivity contribution is 6.33. The zero-order chi connectivity index (χ0) is 13.1. The van der Waals surface area contributed by atoms with Gasteiger partial charge < -0.3 is 10.6 Å². The van der Waals surface area contributed by atoms with Crippen LogP contribution in [0.1, 0.15) is 23.2 Å². The van der Waals surface area contributed by atoms with Crippen LogP contribution >= 0.6 is 11.6 Å². The first-order chi connectivity index (χ1) is 8.58. The summed E-state index contributed by atoms with van der Waals surface area (Å²) < 4.78 is 13.4. The van der Waals surface area contributed by atoms with Crippen molar-refractivity contribution in [1.29, 1.82) is 0 Å². The smallest absolute Gasteiger partial charge is 0.256 e. The van der Waals surface area contributed by atoms with Crippen LogP contribution in [0.25, 0.3) is 0 Å². The lowest BCUT2D eigenvalue weighted by Crippen LogP contribution is -2.38. The summed E-state index contributed by atoms with van der Waals surface area (Å²) in [5.41, 5.74) is -0.238. The molecule has 2 rings (SSSR count). The average Bonchev–Trinajstić information content (AvgIpc) is 3.10. The van der Waals surface area contributed by atoms with Crippen LogP contribution in [0.3, 0.4) is 0 Å². The Labute approximate surface area is 109 Å². The van der Waals surface area contributed by atoms with Gasteiger partial charge >= 0.3 is 0 Å². The molecule has 6 heteroatoms. The van der Waals surface area contributed by atoms with Crippen molar-refractivity contribution in [2.45, 2.75) is 18.9 Å². The lowest BCUT2D eigenvalue weighted by Gasteiger charge is -2.07. The fourth-order valence-electron chi connectivity index (χ4n) is 1.47. The van der Waals surface area contributed by atoms with Crippen LogP contribution in [0.2, 0.25) is 5.02 Å². The van der Waals surface area contributed by atoms with Gasteiger partial charge in [0.2, 0.25) is 5.91 Å². The van der Waals surface area contributed by atoms with Crippen LogP contribution in [0.4, 0.5) is 4.39 Å². The second-order valence-corrected chi connectivity index (χ2v) is 4.53. The quantitative estimate of drug-likeness (QED) is 0.871. The van der Waals surface area contributed by atoms with Crippen molar-refractivity contribution in [2.75, 3.05) is 6.54 Å². The van der Waals surface area contributed by atoms with Gasteiger partial charge in [0.15, 0.2) is 0 Å². The van der Waals surface area contributed by atoms with E-state index in [1.807, 2.05) is 0 Å². The number of hydrogen-bond donors (Lipinski definition) is 2. The second kappa shape index (κ2) is 5.35. The molecule has 1 aliphatic carbocycles. The fourth-order valence-corrected chi connectivity index (χ4v) is 1.72. The number of hydrogen-bond acceptors (Lipinski definition) is 2. The van der Waals surface area contributed by atoms with E-state index in [1.54, 1.807) is 0 Å². The number of nitrogens with one attached hydrogen (secondary N) is 2. The minimum Gasteiger partial charge on any atom is -0.352 e. The van der Waals surface area contributed by atoms with Gasteiger partial charge in [-0.3, -0.25) is 9.59 Å². The minimum atomic E-state index is -0.706. The lowest BCUT2D eigenvalue weighted by atomic mass is 10.2. The largest absolute Gasteiger partial charge is 0.352 e. The van der Waals surface area contributed by atoms with Crippen LogP contribution in [-0.4, -0.2) is 24.4 Å². The molecule has 0 unspecified atom stereocenters. The summed E-state index contributed by atoms with van der Waals surface area (Å²) in [5, 5.41) is 5.07. The molecule has 2 N–H and O–H groups in total. The molecule has 0 atom stereocenters. The molecule has 0 radical (unpaired) electrons. The number of amides is 2. The van der Waals surface area contributed by atoms with Crippen molar-refractivity contribution in [3.8, 4) is 0 Å². The molecule has 0 heterocycles. The standard InChI is InChI=1S/C12H12ClFN2O2/c13-8-2-1-3-9(14)11(8)12(18)15-6-10(17)16-7-4-5-7/h1-3,7H,4-6H2,(H,15,18)(H,16,17). The first kappa shape index (κ1) is 12.8. The van der Waals surface area contributed by atoms with E-state index in [9.17, 15) is 14.0 Å². The highest BCUT2D eigenvalue weighted by Gasteiger charge is 2.23. The molecule has 0 aromatic heterocycles. The predicted octanol–water partition coefficient (Wildman–Crippen LogP) is 1.49. The molecule has 1 aliphatic rings. The van der Waals surface area contributed by atoms with Crippen LogP contribution in [0.5, 0.6) is 0 Å². The molecule has 2 amide bonds. The van der Waals surface area contributed by atoms with E-state index in [1.165, 1.54) is 12.1 Å². The van der Waals surface area contributed by atoms with Crippen LogP contribution in [0.15, 0.2) is 18.2 Å². The summed E-state index contributed by atoms with van der Waals surface area (Å²) >= 11 is 5.73. The summed E-state index contributed by atoms with van der Waals surface area (Å²) in [6.07, 6.45) is 1.94. The van der Waals surface area contributed by atoms with E-state index in [0.29, 0.717) is 0 Å². The zero-order valence-corrected chi connectivity index (χ0v) is 10.3. The Bertz CT molecular complexity index is 469. The van der Waals surface area contributed by atoms with Crippen LogP contribution in [0, 0.1) is 5.82 Å². The van der Waals surface area contributed by atoms with Crippen molar-refractivity contribution >= 4 is 23.4 Å². The van der Waals surface area contributed by atoms with E-state index in [0.717, 1.165) is 18.9 Å². The van der Waals surface area contributed by atoms with Crippen LogP contribution in [-0.2, 0) is 4.79 Å². The first-order valence-corrected chi connectivity index (χ1v) is 5.97.